The molecule has 1 fully saturated rings. The predicted molar refractivity (Wildman–Crippen MR) is 127 cm³/mol. The van der Waals surface area contributed by atoms with Gasteiger partial charge in [-0.15, -0.1) is 11.3 Å². The van der Waals surface area contributed by atoms with Crippen molar-refractivity contribution < 1.29 is 23.5 Å². The molecule has 0 spiro atoms. The molecule has 0 atom stereocenters. The largest absolute Gasteiger partial charge is 0.462 e. The summed E-state index contributed by atoms with van der Waals surface area (Å²) in [6.45, 7) is 6.08. The van der Waals surface area contributed by atoms with Gasteiger partial charge in [-0.25, -0.2) is 9.18 Å². The fraction of sp³-hybridized carbons (Fsp3) is 0.435. The Balaban J connectivity index is 1.67. The molecule has 3 rings (SSSR count). The molecule has 1 saturated heterocycles. The summed E-state index contributed by atoms with van der Waals surface area (Å²) < 4.78 is 19.2. The maximum Gasteiger partial charge on any atom is 0.341 e. The van der Waals surface area contributed by atoms with Gasteiger partial charge in [0.2, 0.25) is 5.91 Å². The van der Waals surface area contributed by atoms with Crippen molar-refractivity contribution in [3.63, 3.8) is 0 Å². The van der Waals surface area contributed by atoms with E-state index in [0.29, 0.717) is 47.3 Å². The number of benzene rings is 1. The number of nitrogens with zero attached hydrogens (tertiary/aromatic N) is 3. The second-order valence-electron chi connectivity index (χ2n) is 7.94. The average molecular weight is 477 g/mol. The smallest absolute Gasteiger partial charge is 0.341 e. The summed E-state index contributed by atoms with van der Waals surface area (Å²) in [4.78, 5) is 43.6. The number of amides is 2. The molecule has 0 saturated carbocycles. The van der Waals surface area contributed by atoms with E-state index in [9.17, 15) is 18.8 Å². The number of hydrogen-bond donors (Lipinski definition) is 1. The van der Waals surface area contributed by atoms with Crippen molar-refractivity contribution in [2.24, 2.45) is 0 Å². The minimum atomic E-state index is -0.571. The summed E-state index contributed by atoms with van der Waals surface area (Å²) in [7, 11) is 3.26. The average Bonchev–Trinajstić information content (AvgIpc) is 3.09. The van der Waals surface area contributed by atoms with Crippen molar-refractivity contribution >= 4 is 39.8 Å². The standard InChI is InChI=1S/C23H29FN4O4S/c1-5-32-23(31)19-15(2)20(22(30)26(3)4)33-21(19)25-18(29)14-27-10-12-28(13-11-27)17-9-7-6-8-16(17)24/h6-9H,5,10-14H2,1-4H3,(H,25,29). The molecule has 1 aromatic heterocycles. The van der Waals surface area contributed by atoms with Crippen LogP contribution in [0.15, 0.2) is 24.3 Å². The Morgan fingerprint density at radius 2 is 1.82 bits per heavy atom. The summed E-state index contributed by atoms with van der Waals surface area (Å²) >= 11 is 1.07. The lowest BCUT2D eigenvalue weighted by molar-refractivity contribution is -0.117. The van der Waals surface area contributed by atoms with Crippen LogP contribution in [0.3, 0.4) is 0 Å². The third-order valence-electron chi connectivity index (χ3n) is 5.41. The highest BCUT2D eigenvalue weighted by Gasteiger charge is 2.28. The molecule has 1 N–H and O–H groups in total. The second kappa shape index (κ2) is 10.8. The summed E-state index contributed by atoms with van der Waals surface area (Å²) in [6, 6.07) is 6.65. The lowest BCUT2D eigenvalue weighted by Crippen LogP contribution is -2.48. The number of thiophene rings is 1. The van der Waals surface area contributed by atoms with Crippen molar-refractivity contribution in [1.29, 1.82) is 0 Å². The highest BCUT2D eigenvalue weighted by atomic mass is 32.1. The van der Waals surface area contributed by atoms with E-state index in [4.69, 9.17) is 4.74 Å². The van der Waals surface area contributed by atoms with Gasteiger partial charge in [0, 0.05) is 40.3 Å². The Hall–Kier alpha value is -2.98. The number of para-hydroxylation sites is 1. The van der Waals surface area contributed by atoms with Gasteiger partial charge < -0.3 is 19.9 Å². The van der Waals surface area contributed by atoms with Crippen LogP contribution in [0.25, 0.3) is 0 Å². The number of carbonyl (C=O) groups is 3. The zero-order chi connectivity index (χ0) is 24.1. The number of rotatable bonds is 7. The zero-order valence-electron chi connectivity index (χ0n) is 19.3. The fourth-order valence-corrected chi connectivity index (χ4v) is 4.91. The number of nitrogens with one attached hydrogen (secondary N) is 1. The van der Waals surface area contributed by atoms with Crippen LogP contribution in [0.5, 0.6) is 0 Å². The van der Waals surface area contributed by atoms with Gasteiger partial charge in [0.25, 0.3) is 5.91 Å². The quantitative estimate of drug-likeness (QED) is 0.619. The van der Waals surface area contributed by atoms with Crippen molar-refractivity contribution in [2.45, 2.75) is 13.8 Å². The number of ether oxygens (including phenoxy) is 1. The van der Waals surface area contributed by atoms with Gasteiger partial charge in [0.15, 0.2) is 0 Å². The van der Waals surface area contributed by atoms with Crippen LogP contribution in [0, 0.1) is 12.7 Å². The minimum Gasteiger partial charge on any atom is -0.462 e. The van der Waals surface area contributed by atoms with Crippen molar-refractivity contribution in [1.82, 2.24) is 9.80 Å². The highest BCUT2D eigenvalue weighted by molar-refractivity contribution is 7.18. The molecule has 0 aliphatic carbocycles. The molecule has 33 heavy (non-hydrogen) atoms. The molecule has 1 aromatic carbocycles. The van der Waals surface area contributed by atoms with Crippen LogP contribution in [0.2, 0.25) is 0 Å². The maximum atomic E-state index is 14.0. The van der Waals surface area contributed by atoms with E-state index in [0.717, 1.165) is 11.3 Å². The van der Waals surface area contributed by atoms with Crippen LogP contribution in [-0.2, 0) is 9.53 Å². The summed E-state index contributed by atoms with van der Waals surface area (Å²) in [5.74, 6) is -1.36. The molecule has 2 amide bonds. The van der Waals surface area contributed by atoms with Crippen LogP contribution >= 0.6 is 11.3 Å². The fourth-order valence-electron chi connectivity index (χ4n) is 3.68. The Bertz CT molecular complexity index is 1030. The first-order valence-corrected chi connectivity index (χ1v) is 11.6. The van der Waals surface area contributed by atoms with Gasteiger partial charge in [-0.2, -0.15) is 0 Å². The van der Waals surface area contributed by atoms with Gasteiger partial charge in [-0.05, 0) is 31.5 Å². The summed E-state index contributed by atoms with van der Waals surface area (Å²) in [5.41, 5.74) is 1.27. The summed E-state index contributed by atoms with van der Waals surface area (Å²) in [6.07, 6.45) is 0. The van der Waals surface area contributed by atoms with Gasteiger partial charge in [-0.1, -0.05) is 12.1 Å². The Morgan fingerprint density at radius 3 is 2.42 bits per heavy atom. The second-order valence-corrected chi connectivity index (χ2v) is 8.96. The molecular formula is C23H29FN4O4S. The van der Waals surface area contributed by atoms with E-state index in [-0.39, 0.29) is 36.3 Å². The molecule has 8 nitrogen and oxygen atoms in total. The van der Waals surface area contributed by atoms with E-state index in [1.165, 1.54) is 11.0 Å². The maximum absolute atomic E-state index is 14.0. The normalized spacial score (nSPS) is 14.2. The molecule has 0 unspecified atom stereocenters. The van der Waals surface area contributed by atoms with Crippen LogP contribution in [0.1, 0.15) is 32.5 Å². The van der Waals surface area contributed by atoms with E-state index in [1.807, 2.05) is 9.80 Å². The Kier molecular flexibility index (Phi) is 8.04. The Labute approximate surface area is 196 Å². The number of carbonyl (C=O) groups excluding carboxylic acids is 3. The third-order valence-corrected chi connectivity index (χ3v) is 6.61. The van der Waals surface area contributed by atoms with Gasteiger partial charge in [-0.3, -0.25) is 14.5 Å². The van der Waals surface area contributed by atoms with Crippen LogP contribution < -0.4 is 10.2 Å². The monoisotopic (exact) mass is 476 g/mol. The molecule has 2 aromatic rings. The first-order chi connectivity index (χ1) is 15.7. The van der Waals surface area contributed by atoms with Gasteiger partial charge in [0.05, 0.1) is 29.3 Å². The van der Waals surface area contributed by atoms with Crippen LogP contribution in [-0.4, -0.2) is 81.0 Å². The molecule has 178 valence electrons. The predicted octanol–water partition coefficient (Wildman–Crippen LogP) is 2.83. The Morgan fingerprint density at radius 1 is 1.15 bits per heavy atom. The molecule has 1 aliphatic heterocycles. The van der Waals surface area contributed by atoms with E-state index in [2.05, 4.69) is 5.32 Å². The third kappa shape index (κ3) is 5.69. The number of anilines is 2. The van der Waals surface area contributed by atoms with E-state index >= 15 is 0 Å². The first-order valence-electron chi connectivity index (χ1n) is 10.8. The van der Waals surface area contributed by atoms with Crippen LogP contribution in [0.4, 0.5) is 15.1 Å². The first kappa shape index (κ1) is 24.7. The van der Waals surface area contributed by atoms with Crippen molar-refractivity contribution in [3.05, 3.63) is 46.1 Å². The van der Waals surface area contributed by atoms with Crippen molar-refractivity contribution in [2.75, 3.05) is 63.6 Å². The van der Waals surface area contributed by atoms with E-state index < -0.39 is 5.97 Å². The minimum absolute atomic E-state index is 0.126. The lowest BCUT2D eigenvalue weighted by atomic mass is 10.1. The van der Waals surface area contributed by atoms with Crippen molar-refractivity contribution in [3.8, 4) is 0 Å². The molecule has 1 aliphatic rings. The molecular weight excluding hydrogens is 447 g/mol. The molecule has 10 heteroatoms. The lowest BCUT2D eigenvalue weighted by Gasteiger charge is -2.35. The van der Waals surface area contributed by atoms with E-state index in [1.54, 1.807) is 46.1 Å². The SMILES string of the molecule is CCOC(=O)c1c(NC(=O)CN2CCN(c3ccccc3F)CC2)sc(C(=O)N(C)C)c1C. The molecule has 2 heterocycles. The highest BCUT2D eigenvalue weighted by Crippen LogP contribution is 2.34. The molecule has 0 bridgehead atoms. The number of piperazine rings is 1. The topological polar surface area (TPSA) is 82.2 Å². The zero-order valence-corrected chi connectivity index (χ0v) is 20.1. The number of halogens is 1. The van der Waals surface area contributed by atoms with Gasteiger partial charge >= 0.3 is 5.97 Å². The number of esters is 1. The summed E-state index contributed by atoms with van der Waals surface area (Å²) in [5, 5.41) is 3.11. The molecule has 0 radical (unpaired) electrons. The number of hydrogen-bond acceptors (Lipinski definition) is 7. The van der Waals surface area contributed by atoms with Gasteiger partial charge in [0.1, 0.15) is 10.8 Å².